The molecule has 1 N–H and O–H groups in total. The zero-order chi connectivity index (χ0) is 28.3. The minimum absolute atomic E-state index is 0.00118. The summed E-state index contributed by atoms with van der Waals surface area (Å²) < 4.78 is 7.10. The number of benzene rings is 2. The van der Waals surface area contributed by atoms with Gasteiger partial charge in [-0.15, -0.1) is 0 Å². The monoisotopic (exact) mass is 568 g/mol. The lowest BCUT2D eigenvalue weighted by atomic mass is 10.1. The first kappa shape index (κ1) is 26.7. The maximum atomic E-state index is 13.8. The van der Waals surface area contributed by atoms with E-state index >= 15 is 0 Å². The highest BCUT2D eigenvalue weighted by atomic mass is 35.5. The predicted octanol–water partition coefficient (Wildman–Crippen LogP) is 5.80. The number of H-pyrrole nitrogens is 1. The third-order valence-electron chi connectivity index (χ3n) is 7.63. The van der Waals surface area contributed by atoms with Crippen molar-refractivity contribution >= 4 is 34.2 Å². The molecule has 1 amide bonds. The van der Waals surface area contributed by atoms with Gasteiger partial charge in [-0.25, -0.2) is 9.67 Å². The fraction of sp³-hybridized carbons (Fsp3) is 0.258. The van der Waals surface area contributed by atoms with Gasteiger partial charge in [-0.3, -0.25) is 14.6 Å². The Bertz CT molecular complexity index is 1710. The van der Waals surface area contributed by atoms with Crippen LogP contribution in [0.15, 0.2) is 73.2 Å². The van der Waals surface area contributed by atoms with Crippen LogP contribution in [0.3, 0.4) is 0 Å². The van der Waals surface area contributed by atoms with E-state index in [4.69, 9.17) is 26.4 Å². The van der Waals surface area contributed by atoms with Crippen LogP contribution in [0.4, 0.5) is 0 Å². The number of hydrogen-bond donors (Lipinski definition) is 1. The Kier molecular flexibility index (Phi) is 7.52. The number of rotatable bonds is 9. The van der Waals surface area contributed by atoms with Gasteiger partial charge in [-0.1, -0.05) is 42.6 Å². The number of carbonyl (C=O) groups is 2. The van der Waals surface area contributed by atoms with Gasteiger partial charge in [0.05, 0.1) is 24.2 Å². The number of nitrogens with one attached hydrogen (secondary N) is 1. The molecule has 2 aromatic carbocycles. The van der Waals surface area contributed by atoms with Crippen LogP contribution in [-0.4, -0.2) is 61.0 Å². The van der Waals surface area contributed by atoms with Crippen LogP contribution >= 0.6 is 11.6 Å². The predicted molar refractivity (Wildman–Crippen MR) is 157 cm³/mol. The van der Waals surface area contributed by atoms with E-state index in [0.29, 0.717) is 41.1 Å². The number of para-hydroxylation sites is 1. The number of nitrogens with zero attached hydrogens (tertiary/aromatic N) is 5. The third-order valence-corrected chi connectivity index (χ3v) is 7.92. The number of ketones is 1. The van der Waals surface area contributed by atoms with Crippen molar-refractivity contribution in [2.45, 2.75) is 38.3 Å². The van der Waals surface area contributed by atoms with Gasteiger partial charge < -0.3 is 14.6 Å². The molecule has 6 rings (SSSR count). The molecule has 0 radical (unpaired) electrons. The van der Waals surface area contributed by atoms with Crippen molar-refractivity contribution in [3.63, 3.8) is 0 Å². The van der Waals surface area contributed by atoms with Crippen molar-refractivity contribution in [2.75, 3.05) is 13.7 Å². The molecular formula is C31H29ClN6O3. The first-order valence-corrected chi connectivity index (χ1v) is 14.0. The Balaban J connectivity index is 1.32. The zero-order valence-corrected chi connectivity index (χ0v) is 23.3. The summed E-state index contributed by atoms with van der Waals surface area (Å²) in [6.45, 7) is 0.661. The molecule has 0 aliphatic heterocycles. The maximum absolute atomic E-state index is 13.8. The smallest absolute Gasteiger partial charge is 0.295 e. The Morgan fingerprint density at radius 2 is 1.85 bits per heavy atom. The topological polar surface area (TPSA) is 106 Å². The number of aromatic nitrogens is 5. The molecule has 0 bridgehead atoms. The number of aromatic amines is 1. The molecule has 1 saturated carbocycles. The first-order chi connectivity index (χ1) is 20.0. The number of hydrogen-bond acceptors (Lipinski definition) is 6. The normalized spacial score (nSPS) is 13.5. The molecule has 1 fully saturated rings. The van der Waals surface area contributed by atoms with Crippen LogP contribution in [0.1, 0.15) is 36.0 Å². The van der Waals surface area contributed by atoms with E-state index < -0.39 is 11.7 Å². The lowest BCUT2D eigenvalue weighted by molar-refractivity contribution is -0.128. The van der Waals surface area contributed by atoms with Crippen LogP contribution < -0.4 is 4.74 Å². The molecular weight excluding hydrogens is 540 g/mol. The van der Waals surface area contributed by atoms with E-state index in [0.717, 1.165) is 47.7 Å². The van der Waals surface area contributed by atoms with Gasteiger partial charge >= 0.3 is 0 Å². The zero-order valence-electron chi connectivity index (χ0n) is 22.6. The fourth-order valence-corrected chi connectivity index (χ4v) is 5.77. The van der Waals surface area contributed by atoms with Crippen molar-refractivity contribution in [3.8, 4) is 28.5 Å². The van der Waals surface area contributed by atoms with Crippen molar-refractivity contribution in [3.05, 3.63) is 83.8 Å². The van der Waals surface area contributed by atoms with Crippen LogP contribution in [0.2, 0.25) is 5.02 Å². The molecule has 3 aromatic heterocycles. The summed E-state index contributed by atoms with van der Waals surface area (Å²) in [6, 6.07) is 16.7. The number of ether oxygens (including phenoxy) is 1. The van der Waals surface area contributed by atoms with Gasteiger partial charge in [-0.05, 0) is 49.2 Å². The van der Waals surface area contributed by atoms with Crippen LogP contribution in [-0.2, 0) is 11.3 Å². The number of fused-ring (bicyclic) bond motifs is 1. The maximum Gasteiger partial charge on any atom is 0.295 e. The number of amides is 1. The summed E-state index contributed by atoms with van der Waals surface area (Å²) in [5.41, 5.74) is 2.79. The van der Waals surface area contributed by atoms with E-state index in [9.17, 15) is 9.59 Å². The number of Topliss-reactive ketones (excluding diaryl/α,β-unsaturated/α-hetero) is 1. The van der Waals surface area contributed by atoms with Crippen LogP contribution in [0, 0.1) is 0 Å². The number of carbonyl (C=O) groups excluding carboxylic acids is 2. The number of halogens is 1. The first-order valence-electron chi connectivity index (χ1n) is 13.6. The van der Waals surface area contributed by atoms with Gasteiger partial charge in [0.2, 0.25) is 0 Å². The van der Waals surface area contributed by atoms with Gasteiger partial charge in [0.15, 0.2) is 11.6 Å². The molecule has 5 aromatic rings. The van der Waals surface area contributed by atoms with Crippen LogP contribution in [0.5, 0.6) is 5.75 Å². The Hall–Kier alpha value is -4.50. The van der Waals surface area contributed by atoms with Gasteiger partial charge in [-0.2, -0.15) is 5.10 Å². The van der Waals surface area contributed by atoms with E-state index in [-0.39, 0.29) is 6.04 Å². The second kappa shape index (κ2) is 11.5. The second-order valence-corrected chi connectivity index (χ2v) is 10.5. The summed E-state index contributed by atoms with van der Waals surface area (Å²) in [4.78, 5) is 41.1. The van der Waals surface area contributed by atoms with Crippen molar-refractivity contribution < 1.29 is 14.3 Å². The Morgan fingerprint density at radius 1 is 1.07 bits per heavy atom. The summed E-state index contributed by atoms with van der Waals surface area (Å²) in [6.07, 6.45) is 8.80. The van der Waals surface area contributed by atoms with E-state index in [1.165, 1.54) is 0 Å². The quantitative estimate of drug-likeness (QED) is 0.178. The molecule has 0 unspecified atom stereocenters. The summed E-state index contributed by atoms with van der Waals surface area (Å²) in [7, 11) is 1.57. The molecule has 41 heavy (non-hydrogen) atoms. The standard InChI is InChI=1S/C31H29ClN6O3/c1-41-27-11-10-21(18-25(27)32)30-35-29(20-12-14-33-15-13-20)36-38(30)17-16-37(22-6-2-3-7-22)31(40)28(39)24-19-34-26-9-5-4-8-23(24)26/h4-5,8-15,18-19,22,34H,2-3,6-7,16-17H2,1H3. The minimum atomic E-state index is -0.507. The molecule has 1 aliphatic carbocycles. The molecule has 10 heteroatoms. The highest BCUT2D eigenvalue weighted by Gasteiger charge is 2.32. The van der Waals surface area contributed by atoms with Crippen LogP contribution in [0.25, 0.3) is 33.7 Å². The minimum Gasteiger partial charge on any atom is -0.495 e. The highest BCUT2D eigenvalue weighted by molar-refractivity contribution is 6.44. The lowest BCUT2D eigenvalue weighted by Crippen LogP contribution is -2.44. The van der Waals surface area contributed by atoms with E-state index in [1.807, 2.05) is 42.5 Å². The molecule has 208 valence electrons. The fourth-order valence-electron chi connectivity index (χ4n) is 5.51. The highest BCUT2D eigenvalue weighted by Crippen LogP contribution is 2.31. The molecule has 9 nitrogen and oxygen atoms in total. The average Bonchev–Trinajstić information content (AvgIpc) is 3.78. The molecule has 0 atom stereocenters. The molecule has 0 spiro atoms. The molecule has 0 saturated heterocycles. The SMILES string of the molecule is COc1ccc(-c2nc(-c3ccncc3)nn2CCN(C(=O)C(=O)c2c[nH]c3ccccc23)C2CCCC2)cc1Cl. The summed E-state index contributed by atoms with van der Waals surface area (Å²) in [5, 5.41) is 6.00. The third kappa shape index (κ3) is 5.32. The molecule has 1 aliphatic rings. The molecule has 3 heterocycles. The van der Waals surface area contributed by atoms with E-state index in [2.05, 4.69) is 9.97 Å². The average molecular weight is 569 g/mol. The van der Waals surface area contributed by atoms with Crippen molar-refractivity contribution in [1.82, 2.24) is 29.6 Å². The van der Waals surface area contributed by atoms with Gasteiger partial charge in [0.1, 0.15) is 5.75 Å². The number of pyridine rings is 1. The Morgan fingerprint density at radius 3 is 2.61 bits per heavy atom. The largest absolute Gasteiger partial charge is 0.495 e. The van der Waals surface area contributed by atoms with Gasteiger partial charge in [0.25, 0.3) is 11.7 Å². The van der Waals surface area contributed by atoms with E-state index in [1.54, 1.807) is 47.4 Å². The summed E-state index contributed by atoms with van der Waals surface area (Å²) in [5.74, 6) is 0.688. The summed E-state index contributed by atoms with van der Waals surface area (Å²) >= 11 is 6.45. The number of methoxy groups -OCH3 is 1. The lowest BCUT2D eigenvalue weighted by Gasteiger charge is -2.28. The van der Waals surface area contributed by atoms with Gasteiger partial charge in [0, 0.05) is 53.2 Å². The van der Waals surface area contributed by atoms with Crippen molar-refractivity contribution in [1.29, 1.82) is 0 Å². The Labute approximate surface area is 242 Å². The second-order valence-electron chi connectivity index (χ2n) is 10.1. The van der Waals surface area contributed by atoms with Crippen molar-refractivity contribution in [2.24, 2.45) is 0 Å².